The number of aliphatic carboxylic acids is 1. The molecule has 1 amide bonds. The molecular weight excluding hydrogens is 234 g/mol. The average Bonchev–Trinajstić information content (AvgIpc) is 2.18. The lowest BCUT2D eigenvalue weighted by molar-refractivity contribution is -0.131. The zero-order valence-electron chi connectivity index (χ0n) is 11.4. The second-order valence-corrected chi connectivity index (χ2v) is 5.02. The molecule has 0 rings (SSSR count). The number of hydrogen-bond donors (Lipinski definition) is 2. The normalized spacial score (nSPS) is 11.5. The molecule has 0 aliphatic rings. The Morgan fingerprint density at radius 2 is 1.89 bits per heavy atom. The average molecular weight is 257 g/mol. The van der Waals surface area contributed by atoms with E-state index in [0.717, 1.165) is 31.8 Å². The number of nitrogens with one attached hydrogen (secondary N) is 1. The van der Waals surface area contributed by atoms with Crippen LogP contribution < -0.4 is 5.32 Å². The molecule has 0 saturated heterocycles. The van der Waals surface area contributed by atoms with Crippen LogP contribution in [0.25, 0.3) is 0 Å². The lowest BCUT2D eigenvalue weighted by Gasteiger charge is -2.19. The summed E-state index contributed by atoms with van der Waals surface area (Å²) in [5.74, 6) is -0.915. The lowest BCUT2D eigenvalue weighted by atomic mass is 10.2. The van der Waals surface area contributed by atoms with E-state index in [1.165, 1.54) is 0 Å². The summed E-state index contributed by atoms with van der Waals surface area (Å²) in [6.45, 7) is 6.04. The standard InChI is InChI=1S/C13H23NO4/c1-13(2,3)18-12(17)14-10-8-6-4-5-7-9-11(15)16/h7,9H,4-6,8,10H2,1-3H3,(H,14,17)(H,15,16). The van der Waals surface area contributed by atoms with Crippen LogP contribution >= 0.6 is 0 Å². The molecule has 0 spiro atoms. The van der Waals surface area contributed by atoms with Crippen LogP contribution in [0, 0.1) is 0 Å². The Morgan fingerprint density at radius 3 is 2.44 bits per heavy atom. The first-order chi connectivity index (χ1) is 8.31. The third-order valence-electron chi connectivity index (χ3n) is 1.98. The highest BCUT2D eigenvalue weighted by Crippen LogP contribution is 2.06. The van der Waals surface area contributed by atoms with Crippen molar-refractivity contribution in [1.82, 2.24) is 5.32 Å². The molecule has 0 aromatic carbocycles. The fourth-order valence-electron chi connectivity index (χ4n) is 1.25. The molecule has 0 aliphatic carbocycles. The van der Waals surface area contributed by atoms with Crippen molar-refractivity contribution in [2.75, 3.05) is 6.54 Å². The predicted molar refractivity (Wildman–Crippen MR) is 69.5 cm³/mol. The molecule has 0 aliphatic heterocycles. The van der Waals surface area contributed by atoms with Crippen molar-refractivity contribution < 1.29 is 19.4 Å². The number of carbonyl (C=O) groups excluding carboxylic acids is 1. The smallest absolute Gasteiger partial charge is 0.407 e. The summed E-state index contributed by atoms with van der Waals surface area (Å²) in [4.78, 5) is 21.4. The molecule has 0 aromatic heterocycles. The number of rotatable bonds is 7. The van der Waals surface area contributed by atoms with E-state index < -0.39 is 17.7 Å². The van der Waals surface area contributed by atoms with E-state index in [9.17, 15) is 9.59 Å². The zero-order chi connectivity index (χ0) is 14.0. The van der Waals surface area contributed by atoms with Gasteiger partial charge in [-0.15, -0.1) is 0 Å². The second-order valence-electron chi connectivity index (χ2n) is 5.02. The van der Waals surface area contributed by atoms with Crippen LogP contribution in [0.1, 0.15) is 46.5 Å². The molecule has 0 atom stereocenters. The molecule has 0 fully saturated rings. The fraction of sp³-hybridized carbons (Fsp3) is 0.692. The highest BCUT2D eigenvalue weighted by molar-refractivity contribution is 5.79. The van der Waals surface area contributed by atoms with Gasteiger partial charge in [0.05, 0.1) is 0 Å². The monoisotopic (exact) mass is 257 g/mol. The van der Waals surface area contributed by atoms with Crippen LogP contribution in [0.2, 0.25) is 0 Å². The number of allylic oxidation sites excluding steroid dienone is 1. The molecule has 104 valence electrons. The highest BCUT2D eigenvalue weighted by Gasteiger charge is 2.15. The van der Waals surface area contributed by atoms with Gasteiger partial charge in [-0.1, -0.05) is 12.5 Å². The molecule has 0 unspecified atom stereocenters. The van der Waals surface area contributed by atoms with E-state index in [2.05, 4.69) is 5.32 Å². The first-order valence-electron chi connectivity index (χ1n) is 6.17. The Hall–Kier alpha value is -1.52. The van der Waals surface area contributed by atoms with Crippen LogP contribution in [0.4, 0.5) is 4.79 Å². The second kappa shape index (κ2) is 8.55. The number of alkyl carbamates (subject to hydrolysis) is 1. The van der Waals surface area contributed by atoms with Crippen LogP contribution in [0.15, 0.2) is 12.2 Å². The van der Waals surface area contributed by atoms with Gasteiger partial charge >= 0.3 is 12.1 Å². The summed E-state index contributed by atoms with van der Waals surface area (Å²) in [6.07, 6.45) is 5.87. The Balaban J connectivity index is 3.41. The SMILES string of the molecule is CC(C)(C)OC(=O)NCCCCCC=CC(=O)O. The summed E-state index contributed by atoms with van der Waals surface area (Å²) < 4.78 is 5.08. The molecule has 0 saturated carbocycles. The van der Waals surface area contributed by atoms with Gasteiger partial charge in [-0.3, -0.25) is 0 Å². The van der Waals surface area contributed by atoms with Crippen molar-refractivity contribution >= 4 is 12.1 Å². The van der Waals surface area contributed by atoms with Crippen molar-refractivity contribution in [3.63, 3.8) is 0 Å². The molecule has 18 heavy (non-hydrogen) atoms. The molecule has 0 radical (unpaired) electrons. The maximum absolute atomic E-state index is 11.3. The lowest BCUT2D eigenvalue weighted by Crippen LogP contribution is -2.32. The number of carbonyl (C=O) groups is 2. The minimum atomic E-state index is -0.915. The number of ether oxygens (including phenoxy) is 1. The predicted octanol–water partition coefficient (Wildman–Crippen LogP) is 2.71. The molecule has 2 N–H and O–H groups in total. The van der Waals surface area contributed by atoms with Crippen LogP contribution in [-0.4, -0.2) is 29.3 Å². The number of hydrogen-bond acceptors (Lipinski definition) is 3. The first-order valence-corrected chi connectivity index (χ1v) is 6.17. The molecular formula is C13H23NO4. The topological polar surface area (TPSA) is 75.6 Å². The van der Waals surface area contributed by atoms with Gasteiger partial charge in [0.15, 0.2) is 0 Å². The third-order valence-corrected chi connectivity index (χ3v) is 1.98. The van der Waals surface area contributed by atoms with E-state index in [-0.39, 0.29) is 0 Å². The molecule has 5 nitrogen and oxygen atoms in total. The Morgan fingerprint density at radius 1 is 1.22 bits per heavy atom. The molecule has 0 aromatic rings. The van der Waals surface area contributed by atoms with Gasteiger partial charge in [0.25, 0.3) is 0 Å². The maximum atomic E-state index is 11.3. The number of unbranched alkanes of at least 4 members (excludes halogenated alkanes) is 3. The molecule has 0 bridgehead atoms. The number of carboxylic acids is 1. The highest BCUT2D eigenvalue weighted by atomic mass is 16.6. The zero-order valence-corrected chi connectivity index (χ0v) is 11.4. The van der Waals surface area contributed by atoms with Gasteiger partial charge in [-0.25, -0.2) is 9.59 Å². The number of amides is 1. The summed E-state index contributed by atoms with van der Waals surface area (Å²) >= 11 is 0. The summed E-state index contributed by atoms with van der Waals surface area (Å²) in [5.41, 5.74) is -0.467. The van der Waals surface area contributed by atoms with Gasteiger partial charge < -0.3 is 15.2 Å². The van der Waals surface area contributed by atoms with Gasteiger partial charge in [0.1, 0.15) is 5.60 Å². The Bertz CT molecular complexity index is 292. The van der Waals surface area contributed by atoms with E-state index in [1.54, 1.807) is 6.08 Å². The van der Waals surface area contributed by atoms with Crippen LogP contribution in [-0.2, 0) is 9.53 Å². The van der Waals surface area contributed by atoms with Gasteiger partial charge in [0.2, 0.25) is 0 Å². The largest absolute Gasteiger partial charge is 0.478 e. The number of carboxylic acid groups (broad SMARTS) is 1. The summed E-state index contributed by atoms with van der Waals surface area (Å²) in [7, 11) is 0. The minimum Gasteiger partial charge on any atom is -0.478 e. The summed E-state index contributed by atoms with van der Waals surface area (Å²) in [6, 6.07) is 0. The van der Waals surface area contributed by atoms with Crippen molar-refractivity contribution in [3.05, 3.63) is 12.2 Å². The van der Waals surface area contributed by atoms with Crippen LogP contribution in [0.3, 0.4) is 0 Å². The first kappa shape index (κ1) is 16.5. The van der Waals surface area contributed by atoms with E-state index in [0.29, 0.717) is 6.54 Å². The Kier molecular flexibility index (Phi) is 7.83. The molecule has 0 heterocycles. The Labute approximate surface area is 108 Å². The van der Waals surface area contributed by atoms with Crippen LogP contribution in [0.5, 0.6) is 0 Å². The van der Waals surface area contributed by atoms with Crippen molar-refractivity contribution in [2.45, 2.75) is 52.1 Å². The van der Waals surface area contributed by atoms with Crippen molar-refractivity contribution in [3.8, 4) is 0 Å². The maximum Gasteiger partial charge on any atom is 0.407 e. The van der Waals surface area contributed by atoms with E-state index in [4.69, 9.17) is 9.84 Å². The van der Waals surface area contributed by atoms with Crippen molar-refractivity contribution in [2.24, 2.45) is 0 Å². The van der Waals surface area contributed by atoms with Crippen molar-refractivity contribution in [1.29, 1.82) is 0 Å². The van der Waals surface area contributed by atoms with E-state index >= 15 is 0 Å². The van der Waals surface area contributed by atoms with Gasteiger partial charge in [0, 0.05) is 12.6 Å². The molecule has 5 heteroatoms. The van der Waals surface area contributed by atoms with Gasteiger partial charge in [-0.05, 0) is 40.0 Å². The third kappa shape index (κ3) is 12.5. The summed E-state index contributed by atoms with van der Waals surface area (Å²) in [5, 5.41) is 11.0. The van der Waals surface area contributed by atoms with E-state index in [1.807, 2.05) is 20.8 Å². The fourth-order valence-corrected chi connectivity index (χ4v) is 1.25. The van der Waals surface area contributed by atoms with Gasteiger partial charge in [-0.2, -0.15) is 0 Å². The minimum absolute atomic E-state index is 0.395. The quantitative estimate of drug-likeness (QED) is 0.543.